The molecule has 2 aromatic rings. The molecular weight excluding hydrogens is 269 g/mol. The molecule has 1 aromatic carbocycles. The highest BCUT2D eigenvalue weighted by atomic mass is 19.4. The van der Waals surface area contributed by atoms with E-state index in [1.807, 2.05) is 6.07 Å². The summed E-state index contributed by atoms with van der Waals surface area (Å²) in [4.78, 5) is 2.69. The number of aliphatic hydroxyl groups is 1. The van der Waals surface area contributed by atoms with Crippen molar-refractivity contribution in [3.63, 3.8) is 0 Å². The van der Waals surface area contributed by atoms with Crippen LogP contribution in [0, 0.1) is 11.3 Å². The first-order valence-electron chi connectivity index (χ1n) is 6.21. The summed E-state index contributed by atoms with van der Waals surface area (Å²) in [7, 11) is 0. The molecule has 0 saturated carbocycles. The van der Waals surface area contributed by atoms with Crippen molar-refractivity contribution in [3.05, 3.63) is 35.0 Å². The van der Waals surface area contributed by atoms with Crippen molar-refractivity contribution >= 4 is 10.9 Å². The zero-order chi connectivity index (χ0) is 14.5. The zero-order valence-corrected chi connectivity index (χ0v) is 10.4. The van der Waals surface area contributed by atoms with Crippen molar-refractivity contribution in [2.75, 3.05) is 0 Å². The Hall–Kier alpha value is -2.00. The van der Waals surface area contributed by atoms with Crippen LogP contribution in [0.1, 0.15) is 29.7 Å². The molecule has 1 heterocycles. The number of alkyl halides is 3. The molecule has 20 heavy (non-hydrogen) atoms. The van der Waals surface area contributed by atoms with Gasteiger partial charge in [-0.15, -0.1) is 0 Å². The Balaban J connectivity index is 2.29. The molecule has 0 saturated heterocycles. The number of halogens is 3. The fraction of sp³-hybridized carbons (Fsp3) is 0.357. The lowest BCUT2D eigenvalue weighted by molar-refractivity contribution is -0.272. The minimum atomic E-state index is -4.72. The summed E-state index contributed by atoms with van der Waals surface area (Å²) in [6.45, 7) is 0. The van der Waals surface area contributed by atoms with Crippen molar-refractivity contribution in [2.45, 2.75) is 31.0 Å². The number of nitrogens with one attached hydrogen (secondary N) is 1. The van der Waals surface area contributed by atoms with Crippen molar-refractivity contribution in [3.8, 4) is 6.07 Å². The highest BCUT2D eigenvalue weighted by Crippen LogP contribution is 2.48. The topological polar surface area (TPSA) is 59.8 Å². The number of nitriles is 1. The van der Waals surface area contributed by atoms with Crippen LogP contribution in [0.15, 0.2) is 18.2 Å². The Morgan fingerprint density at radius 1 is 1.35 bits per heavy atom. The van der Waals surface area contributed by atoms with Crippen molar-refractivity contribution in [2.24, 2.45) is 0 Å². The molecule has 0 aliphatic heterocycles. The predicted octanol–water partition coefficient (Wildman–Crippen LogP) is 3.13. The summed E-state index contributed by atoms with van der Waals surface area (Å²) in [6, 6.07) is 6.64. The lowest BCUT2D eigenvalue weighted by atomic mass is 9.82. The standard InChI is InChI=1S/C14H11F3N2O/c15-14(16,17)13(20)5-1-2-9-10-6-8(7-18)3-4-11(10)19-12(9)13/h3-4,6,19-20H,1-2,5H2. The molecular formula is C14H11F3N2O. The molecule has 1 aliphatic carbocycles. The molecule has 0 fully saturated rings. The lowest BCUT2D eigenvalue weighted by Gasteiger charge is -2.33. The van der Waals surface area contributed by atoms with E-state index < -0.39 is 11.8 Å². The van der Waals surface area contributed by atoms with Gasteiger partial charge in [0, 0.05) is 10.9 Å². The minimum Gasteiger partial charge on any atom is -0.375 e. The van der Waals surface area contributed by atoms with E-state index >= 15 is 0 Å². The van der Waals surface area contributed by atoms with Gasteiger partial charge in [-0.3, -0.25) is 0 Å². The van der Waals surface area contributed by atoms with Gasteiger partial charge in [0.05, 0.1) is 17.3 Å². The highest BCUT2D eigenvalue weighted by Gasteiger charge is 2.57. The van der Waals surface area contributed by atoms with E-state index in [0.29, 0.717) is 28.5 Å². The molecule has 0 radical (unpaired) electrons. The maximum atomic E-state index is 13.2. The largest absolute Gasteiger partial charge is 0.422 e. The Labute approximate surface area is 112 Å². The van der Waals surface area contributed by atoms with Crippen molar-refractivity contribution in [1.82, 2.24) is 4.98 Å². The van der Waals surface area contributed by atoms with E-state index in [-0.39, 0.29) is 18.5 Å². The van der Waals surface area contributed by atoms with Gasteiger partial charge in [-0.05, 0) is 43.0 Å². The van der Waals surface area contributed by atoms with Crippen LogP contribution in [0.5, 0.6) is 0 Å². The Morgan fingerprint density at radius 3 is 2.75 bits per heavy atom. The fourth-order valence-corrected chi connectivity index (χ4v) is 2.86. The van der Waals surface area contributed by atoms with Crippen LogP contribution in [0.4, 0.5) is 13.2 Å². The van der Waals surface area contributed by atoms with Crippen LogP contribution < -0.4 is 0 Å². The van der Waals surface area contributed by atoms with Crippen molar-refractivity contribution < 1.29 is 18.3 Å². The summed E-state index contributed by atoms with van der Waals surface area (Å²) < 4.78 is 39.5. The highest BCUT2D eigenvalue weighted by molar-refractivity contribution is 5.86. The number of aryl methyl sites for hydroxylation is 1. The van der Waals surface area contributed by atoms with Gasteiger partial charge in [-0.1, -0.05) is 0 Å². The van der Waals surface area contributed by atoms with E-state index in [0.717, 1.165) is 0 Å². The second kappa shape index (κ2) is 4.00. The maximum absolute atomic E-state index is 13.2. The second-order valence-corrected chi connectivity index (χ2v) is 5.06. The quantitative estimate of drug-likeness (QED) is 0.779. The van der Waals surface area contributed by atoms with E-state index in [9.17, 15) is 18.3 Å². The van der Waals surface area contributed by atoms with Gasteiger partial charge in [-0.2, -0.15) is 18.4 Å². The molecule has 3 nitrogen and oxygen atoms in total. The number of aromatic nitrogens is 1. The van der Waals surface area contributed by atoms with Gasteiger partial charge in [-0.25, -0.2) is 0 Å². The molecule has 1 atom stereocenters. The third-order valence-electron chi connectivity index (χ3n) is 3.88. The summed E-state index contributed by atoms with van der Waals surface area (Å²) in [5.41, 5.74) is -1.64. The fourth-order valence-electron chi connectivity index (χ4n) is 2.86. The molecule has 1 aliphatic rings. The summed E-state index contributed by atoms with van der Waals surface area (Å²) in [5, 5.41) is 19.5. The van der Waals surface area contributed by atoms with Gasteiger partial charge in [0.15, 0.2) is 0 Å². The number of hydrogen-bond donors (Lipinski definition) is 2. The Kier molecular flexibility index (Phi) is 2.60. The summed E-state index contributed by atoms with van der Waals surface area (Å²) >= 11 is 0. The molecule has 1 unspecified atom stereocenters. The van der Waals surface area contributed by atoms with Crippen LogP contribution >= 0.6 is 0 Å². The molecule has 0 amide bonds. The van der Waals surface area contributed by atoms with Crippen LogP contribution in [0.25, 0.3) is 10.9 Å². The third kappa shape index (κ3) is 1.63. The molecule has 104 valence electrons. The third-order valence-corrected chi connectivity index (χ3v) is 3.88. The monoisotopic (exact) mass is 280 g/mol. The van der Waals surface area contributed by atoms with Gasteiger partial charge < -0.3 is 10.1 Å². The predicted molar refractivity (Wildman–Crippen MR) is 65.9 cm³/mol. The van der Waals surface area contributed by atoms with Crippen LogP contribution in [-0.4, -0.2) is 16.3 Å². The zero-order valence-electron chi connectivity index (χ0n) is 10.4. The molecule has 1 aromatic heterocycles. The average molecular weight is 280 g/mol. The summed E-state index contributed by atoms with van der Waals surface area (Å²) in [5.74, 6) is 0. The first-order valence-corrected chi connectivity index (χ1v) is 6.21. The molecule has 6 heteroatoms. The molecule has 2 N–H and O–H groups in total. The smallest absolute Gasteiger partial charge is 0.375 e. The van der Waals surface area contributed by atoms with Crippen LogP contribution in [0.3, 0.4) is 0 Å². The Morgan fingerprint density at radius 2 is 2.10 bits per heavy atom. The van der Waals surface area contributed by atoms with E-state index in [1.54, 1.807) is 12.1 Å². The Bertz CT molecular complexity index is 726. The first kappa shape index (κ1) is 13.0. The molecule has 3 rings (SSSR count). The maximum Gasteiger partial charge on any atom is 0.422 e. The molecule has 0 bridgehead atoms. The second-order valence-electron chi connectivity index (χ2n) is 5.06. The van der Waals surface area contributed by atoms with E-state index in [2.05, 4.69) is 4.98 Å². The van der Waals surface area contributed by atoms with Gasteiger partial charge in [0.1, 0.15) is 0 Å². The normalized spacial score (nSPS) is 22.6. The molecule has 0 spiro atoms. The average Bonchev–Trinajstić information content (AvgIpc) is 2.77. The van der Waals surface area contributed by atoms with Gasteiger partial charge >= 0.3 is 6.18 Å². The minimum absolute atomic E-state index is 0.179. The number of aromatic amines is 1. The number of H-pyrrole nitrogens is 1. The number of nitrogens with zero attached hydrogens (tertiary/aromatic N) is 1. The van der Waals surface area contributed by atoms with E-state index in [1.165, 1.54) is 6.07 Å². The van der Waals surface area contributed by atoms with Crippen LogP contribution in [-0.2, 0) is 12.0 Å². The van der Waals surface area contributed by atoms with Crippen LogP contribution in [0.2, 0.25) is 0 Å². The first-order chi connectivity index (χ1) is 9.37. The van der Waals surface area contributed by atoms with Gasteiger partial charge in [0.2, 0.25) is 5.60 Å². The SMILES string of the molecule is N#Cc1ccc2[nH]c3c(c2c1)CCCC3(O)C(F)(F)F. The lowest BCUT2D eigenvalue weighted by Crippen LogP contribution is -2.45. The van der Waals surface area contributed by atoms with Gasteiger partial charge in [0.25, 0.3) is 0 Å². The number of benzene rings is 1. The number of rotatable bonds is 0. The van der Waals surface area contributed by atoms with E-state index in [4.69, 9.17) is 5.26 Å². The summed E-state index contributed by atoms with van der Waals surface area (Å²) in [6.07, 6.45) is -4.35. The van der Waals surface area contributed by atoms with Crippen molar-refractivity contribution in [1.29, 1.82) is 5.26 Å². The number of hydrogen-bond acceptors (Lipinski definition) is 2. The number of fused-ring (bicyclic) bond motifs is 3.